The predicted molar refractivity (Wildman–Crippen MR) is 107 cm³/mol. The normalized spacial score (nSPS) is 19.7. The van der Waals surface area contributed by atoms with Gasteiger partial charge in [0, 0.05) is 41.6 Å². The number of pyridine rings is 1. The molecule has 3 nitrogen and oxygen atoms in total. The van der Waals surface area contributed by atoms with Crippen molar-refractivity contribution < 1.29 is 0 Å². The minimum absolute atomic E-state index is 0.627. The lowest BCUT2D eigenvalue weighted by atomic mass is 9.97. The summed E-state index contributed by atoms with van der Waals surface area (Å²) in [5.74, 6) is 0. The van der Waals surface area contributed by atoms with Crippen molar-refractivity contribution in [1.82, 2.24) is 14.5 Å². The van der Waals surface area contributed by atoms with Gasteiger partial charge in [0.05, 0.1) is 6.04 Å². The van der Waals surface area contributed by atoms with Gasteiger partial charge in [-0.15, -0.1) is 0 Å². The van der Waals surface area contributed by atoms with E-state index in [0.29, 0.717) is 6.04 Å². The Bertz CT molecular complexity index is 952. The third-order valence-corrected chi connectivity index (χ3v) is 6.29. The lowest BCUT2D eigenvalue weighted by Gasteiger charge is -2.31. The zero-order valence-corrected chi connectivity index (χ0v) is 15.8. The molecular weight excluding hydrogens is 318 g/mol. The number of aryl methyl sites for hydroxylation is 4. The van der Waals surface area contributed by atoms with Crippen molar-refractivity contribution in [2.24, 2.45) is 0 Å². The number of fused-ring (bicyclic) bond motifs is 5. The smallest absolute Gasteiger partial charge is 0.0504 e. The monoisotopic (exact) mass is 345 g/mol. The van der Waals surface area contributed by atoms with E-state index in [1.807, 2.05) is 6.20 Å². The molecule has 0 N–H and O–H groups in total. The van der Waals surface area contributed by atoms with Crippen LogP contribution in [-0.4, -0.2) is 27.5 Å². The standard InChI is InChI=1S/C23H27N3/c1-16-5-8-21-20(14-16)19-10-12-25-11-3-4-22(25)23(19)26(21)13-9-18-7-6-17(2)24-15-18/h5-8,14-15,22H,3-4,9-13H2,1-2H3. The van der Waals surface area contributed by atoms with E-state index in [9.17, 15) is 0 Å². The molecule has 0 spiro atoms. The molecule has 0 radical (unpaired) electrons. The van der Waals surface area contributed by atoms with Crippen LogP contribution >= 0.6 is 0 Å². The highest BCUT2D eigenvalue weighted by atomic mass is 15.2. The molecule has 5 rings (SSSR count). The number of rotatable bonds is 3. The molecule has 2 aromatic heterocycles. The molecule has 1 unspecified atom stereocenters. The van der Waals surface area contributed by atoms with E-state index in [0.717, 1.165) is 18.7 Å². The van der Waals surface area contributed by atoms with Gasteiger partial charge < -0.3 is 4.57 Å². The fraction of sp³-hybridized carbons (Fsp3) is 0.435. The van der Waals surface area contributed by atoms with Crippen LogP contribution in [0.2, 0.25) is 0 Å². The van der Waals surface area contributed by atoms with Crippen molar-refractivity contribution in [2.45, 2.75) is 52.1 Å². The molecule has 1 atom stereocenters. The third kappa shape index (κ3) is 2.57. The van der Waals surface area contributed by atoms with E-state index >= 15 is 0 Å². The predicted octanol–water partition coefficient (Wildman–Crippen LogP) is 4.59. The summed E-state index contributed by atoms with van der Waals surface area (Å²) >= 11 is 0. The van der Waals surface area contributed by atoms with Gasteiger partial charge in [0.1, 0.15) is 0 Å². The quantitative estimate of drug-likeness (QED) is 0.692. The van der Waals surface area contributed by atoms with Gasteiger partial charge in [-0.1, -0.05) is 17.7 Å². The zero-order valence-electron chi connectivity index (χ0n) is 15.8. The second-order valence-electron chi connectivity index (χ2n) is 8.04. The van der Waals surface area contributed by atoms with Gasteiger partial charge in [-0.2, -0.15) is 0 Å². The number of hydrogen-bond donors (Lipinski definition) is 0. The molecule has 3 heteroatoms. The Kier molecular flexibility index (Phi) is 3.86. The Morgan fingerprint density at radius 3 is 2.88 bits per heavy atom. The number of nitrogens with zero attached hydrogens (tertiary/aromatic N) is 3. The summed E-state index contributed by atoms with van der Waals surface area (Å²) < 4.78 is 2.63. The summed E-state index contributed by atoms with van der Waals surface area (Å²) in [6, 6.07) is 12.0. The fourth-order valence-electron chi connectivity index (χ4n) is 4.99. The van der Waals surface area contributed by atoms with Crippen LogP contribution in [0.5, 0.6) is 0 Å². The van der Waals surface area contributed by atoms with Crippen LogP contribution in [0.25, 0.3) is 10.9 Å². The summed E-state index contributed by atoms with van der Waals surface area (Å²) in [4.78, 5) is 7.18. The van der Waals surface area contributed by atoms with E-state index in [2.05, 4.69) is 58.6 Å². The van der Waals surface area contributed by atoms with Crippen LogP contribution in [0, 0.1) is 13.8 Å². The topological polar surface area (TPSA) is 21.1 Å². The first kappa shape index (κ1) is 16.1. The molecule has 26 heavy (non-hydrogen) atoms. The van der Waals surface area contributed by atoms with Crippen LogP contribution in [0.4, 0.5) is 0 Å². The second-order valence-corrected chi connectivity index (χ2v) is 8.04. The van der Waals surface area contributed by atoms with Crippen molar-refractivity contribution in [3.8, 4) is 0 Å². The molecule has 2 aliphatic rings. The van der Waals surface area contributed by atoms with Gasteiger partial charge in [-0.3, -0.25) is 9.88 Å². The molecule has 0 amide bonds. The molecule has 1 fully saturated rings. The van der Waals surface area contributed by atoms with E-state index in [-0.39, 0.29) is 0 Å². The van der Waals surface area contributed by atoms with E-state index in [1.54, 1.807) is 11.3 Å². The van der Waals surface area contributed by atoms with Crippen molar-refractivity contribution in [2.75, 3.05) is 13.1 Å². The summed E-state index contributed by atoms with van der Waals surface area (Å²) in [6.07, 6.45) is 6.94. The largest absolute Gasteiger partial charge is 0.342 e. The highest BCUT2D eigenvalue weighted by Gasteiger charge is 2.35. The maximum Gasteiger partial charge on any atom is 0.0504 e. The van der Waals surface area contributed by atoms with E-state index in [1.165, 1.54) is 54.4 Å². The third-order valence-electron chi connectivity index (χ3n) is 6.29. The van der Waals surface area contributed by atoms with Crippen molar-refractivity contribution in [3.63, 3.8) is 0 Å². The summed E-state index contributed by atoms with van der Waals surface area (Å²) in [5, 5.41) is 1.49. The van der Waals surface area contributed by atoms with Gasteiger partial charge in [-0.05, 0) is 75.4 Å². The fourth-order valence-corrected chi connectivity index (χ4v) is 4.99. The number of aromatic nitrogens is 2. The van der Waals surface area contributed by atoms with Gasteiger partial charge in [-0.25, -0.2) is 0 Å². The molecule has 1 aromatic carbocycles. The molecule has 2 aliphatic heterocycles. The summed E-state index contributed by atoms with van der Waals surface area (Å²) in [5.41, 5.74) is 8.44. The van der Waals surface area contributed by atoms with Crippen LogP contribution in [0.1, 0.15) is 47.0 Å². The molecule has 1 saturated heterocycles. The van der Waals surface area contributed by atoms with E-state index < -0.39 is 0 Å². The first-order valence-electron chi connectivity index (χ1n) is 9.98. The molecule has 3 aromatic rings. The Balaban J connectivity index is 1.59. The molecule has 0 saturated carbocycles. The van der Waals surface area contributed by atoms with Crippen LogP contribution in [0.15, 0.2) is 36.5 Å². The van der Waals surface area contributed by atoms with E-state index in [4.69, 9.17) is 0 Å². The maximum atomic E-state index is 4.48. The Morgan fingerprint density at radius 2 is 2.04 bits per heavy atom. The summed E-state index contributed by atoms with van der Waals surface area (Å²) in [6.45, 7) is 7.81. The minimum atomic E-state index is 0.627. The molecule has 0 aliphatic carbocycles. The van der Waals surface area contributed by atoms with Crippen molar-refractivity contribution in [3.05, 3.63) is 64.6 Å². The highest BCUT2D eigenvalue weighted by molar-refractivity contribution is 5.87. The first-order chi connectivity index (χ1) is 12.7. The highest BCUT2D eigenvalue weighted by Crippen LogP contribution is 2.42. The summed E-state index contributed by atoms with van der Waals surface area (Å²) in [7, 11) is 0. The maximum absolute atomic E-state index is 4.48. The first-order valence-corrected chi connectivity index (χ1v) is 9.98. The SMILES string of the molecule is Cc1ccc2c(c1)c1c(n2CCc2ccc(C)nc2)C2CCCN2CC1. The van der Waals surface area contributed by atoms with Gasteiger partial charge >= 0.3 is 0 Å². The average Bonchev–Trinajstić information content (AvgIpc) is 3.23. The Labute approximate surface area is 155 Å². The second kappa shape index (κ2) is 6.24. The van der Waals surface area contributed by atoms with Gasteiger partial charge in [0.15, 0.2) is 0 Å². The molecule has 134 valence electrons. The van der Waals surface area contributed by atoms with Crippen LogP contribution in [-0.2, 0) is 19.4 Å². The van der Waals surface area contributed by atoms with Crippen molar-refractivity contribution in [1.29, 1.82) is 0 Å². The van der Waals surface area contributed by atoms with Gasteiger partial charge in [0.2, 0.25) is 0 Å². The molecule has 4 heterocycles. The van der Waals surface area contributed by atoms with Gasteiger partial charge in [0.25, 0.3) is 0 Å². The minimum Gasteiger partial charge on any atom is -0.342 e. The van der Waals surface area contributed by atoms with Crippen LogP contribution in [0.3, 0.4) is 0 Å². The number of hydrogen-bond acceptors (Lipinski definition) is 2. The molecule has 0 bridgehead atoms. The Hall–Kier alpha value is -2.13. The Morgan fingerprint density at radius 1 is 1.12 bits per heavy atom. The van der Waals surface area contributed by atoms with Crippen LogP contribution < -0.4 is 0 Å². The lowest BCUT2D eigenvalue weighted by molar-refractivity contribution is 0.234. The van der Waals surface area contributed by atoms with Crippen molar-refractivity contribution >= 4 is 10.9 Å². The average molecular weight is 345 g/mol. The lowest BCUT2D eigenvalue weighted by Crippen LogP contribution is -2.32. The number of benzene rings is 1. The molecular formula is C23H27N3. The zero-order chi connectivity index (χ0) is 17.7.